The van der Waals surface area contributed by atoms with Crippen molar-refractivity contribution in [1.29, 1.82) is 0 Å². The molecule has 0 saturated carbocycles. The van der Waals surface area contributed by atoms with Gasteiger partial charge in [0, 0.05) is 6.07 Å². The molecule has 0 spiro atoms. The molecule has 0 saturated heterocycles. The average Bonchev–Trinajstić information content (AvgIpc) is 3.18. The summed E-state index contributed by atoms with van der Waals surface area (Å²) in [6.07, 6.45) is 0. The lowest BCUT2D eigenvalue weighted by molar-refractivity contribution is -0.119. The Balaban J connectivity index is 1.77. The van der Waals surface area contributed by atoms with Crippen LogP contribution in [0.3, 0.4) is 0 Å². The highest BCUT2D eigenvalue weighted by Gasteiger charge is 2.18. The maximum absolute atomic E-state index is 12.5. The van der Waals surface area contributed by atoms with Crippen LogP contribution in [-0.2, 0) is 11.3 Å². The van der Waals surface area contributed by atoms with Gasteiger partial charge in [0.05, 0.1) is 28.6 Å². The van der Waals surface area contributed by atoms with E-state index in [0.717, 1.165) is 4.88 Å². The van der Waals surface area contributed by atoms with E-state index in [0.29, 0.717) is 11.4 Å². The van der Waals surface area contributed by atoms with Crippen molar-refractivity contribution in [3.8, 4) is 10.6 Å². The molecule has 1 atom stereocenters. The van der Waals surface area contributed by atoms with E-state index in [1.807, 2.05) is 17.5 Å². The van der Waals surface area contributed by atoms with E-state index >= 15 is 0 Å². The number of nitrogens with one attached hydrogen (secondary N) is 1. The number of hydrogen-bond donors (Lipinski definition) is 2. The number of rotatable bonds is 6. The van der Waals surface area contributed by atoms with Crippen LogP contribution in [0, 0.1) is 5.92 Å². The number of amides is 2. The molecule has 3 N–H and O–H groups in total. The van der Waals surface area contributed by atoms with Gasteiger partial charge in [0.15, 0.2) is 0 Å². The van der Waals surface area contributed by atoms with Crippen molar-refractivity contribution >= 4 is 28.8 Å². The molecule has 3 aromatic rings. The molecule has 0 aliphatic carbocycles. The molecule has 0 bridgehead atoms. The second-order valence-electron chi connectivity index (χ2n) is 6.02. The molecule has 138 valence electrons. The number of hydrogen-bond acceptors (Lipinski definition) is 5. The first-order valence-corrected chi connectivity index (χ1v) is 9.15. The molecule has 8 heteroatoms. The third-order valence-electron chi connectivity index (χ3n) is 3.99. The van der Waals surface area contributed by atoms with Crippen LogP contribution in [0.2, 0.25) is 0 Å². The number of primary amides is 1. The fraction of sp³-hybridized carbons (Fsp3) is 0.158. The lowest BCUT2D eigenvalue weighted by atomic mass is 10.1. The van der Waals surface area contributed by atoms with Gasteiger partial charge in [0.2, 0.25) is 5.91 Å². The molecular formula is C19H18N4O3S. The van der Waals surface area contributed by atoms with Crippen LogP contribution < -0.4 is 16.6 Å². The molecule has 0 aliphatic heterocycles. The van der Waals surface area contributed by atoms with Crippen molar-refractivity contribution in [2.75, 3.05) is 5.32 Å². The maximum Gasteiger partial charge on any atom is 0.266 e. The number of anilines is 1. The van der Waals surface area contributed by atoms with E-state index < -0.39 is 11.8 Å². The summed E-state index contributed by atoms with van der Waals surface area (Å²) in [5, 5.41) is 8.97. The van der Waals surface area contributed by atoms with Crippen LogP contribution in [0.5, 0.6) is 0 Å². The van der Waals surface area contributed by atoms with Gasteiger partial charge in [0.25, 0.3) is 11.5 Å². The Morgan fingerprint density at radius 3 is 2.67 bits per heavy atom. The third kappa shape index (κ3) is 4.29. The summed E-state index contributed by atoms with van der Waals surface area (Å²) >= 11 is 1.52. The predicted octanol–water partition coefficient (Wildman–Crippen LogP) is 2.35. The molecule has 0 radical (unpaired) electrons. The van der Waals surface area contributed by atoms with Crippen LogP contribution in [0.15, 0.2) is 58.7 Å². The fourth-order valence-corrected chi connectivity index (χ4v) is 3.23. The van der Waals surface area contributed by atoms with Crippen molar-refractivity contribution in [2.24, 2.45) is 11.7 Å². The number of carbonyl (C=O) groups is 2. The standard InChI is InChI=1S/C19H18N4O3S/c1-12(19(26)21-14-6-3-2-5-13(14)18(20)25)11-23-17(24)9-8-15(22-23)16-7-4-10-27-16/h2-10,12H,11H2,1H3,(H2,20,25)(H,21,26). The summed E-state index contributed by atoms with van der Waals surface area (Å²) < 4.78 is 1.28. The molecule has 1 unspecified atom stereocenters. The SMILES string of the molecule is CC(Cn1nc(-c2cccs2)ccc1=O)C(=O)Nc1ccccc1C(N)=O. The van der Waals surface area contributed by atoms with Crippen LogP contribution in [0.4, 0.5) is 5.69 Å². The fourth-order valence-electron chi connectivity index (χ4n) is 2.54. The van der Waals surface area contributed by atoms with E-state index in [1.54, 1.807) is 37.3 Å². The number of thiophene rings is 1. The normalized spacial score (nSPS) is 11.7. The zero-order valence-corrected chi connectivity index (χ0v) is 15.4. The van der Waals surface area contributed by atoms with Crippen LogP contribution in [0.1, 0.15) is 17.3 Å². The number of aromatic nitrogens is 2. The van der Waals surface area contributed by atoms with Gasteiger partial charge in [-0.25, -0.2) is 4.68 Å². The summed E-state index contributed by atoms with van der Waals surface area (Å²) in [5.41, 5.74) is 6.29. The Morgan fingerprint density at radius 1 is 1.19 bits per heavy atom. The van der Waals surface area contributed by atoms with Crippen LogP contribution in [0.25, 0.3) is 10.6 Å². The largest absolute Gasteiger partial charge is 0.366 e. The second-order valence-corrected chi connectivity index (χ2v) is 6.96. The van der Waals surface area contributed by atoms with Crippen LogP contribution in [-0.4, -0.2) is 21.6 Å². The van der Waals surface area contributed by atoms with E-state index in [2.05, 4.69) is 10.4 Å². The number of nitrogens with two attached hydrogens (primary N) is 1. The van der Waals surface area contributed by atoms with Gasteiger partial charge < -0.3 is 11.1 Å². The zero-order valence-electron chi connectivity index (χ0n) is 14.6. The topological polar surface area (TPSA) is 107 Å². The monoisotopic (exact) mass is 382 g/mol. The smallest absolute Gasteiger partial charge is 0.266 e. The molecule has 2 heterocycles. The van der Waals surface area contributed by atoms with Gasteiger partial charge in [-0.1, -0.05) is 25.1 Å². The van der Waals surface area contributed by atoms with Gasteiger partial charge in [-0.3, -0.25) is 14.4 Å². The van der Waals surface area contributed by atoms with Gasteiger partial charge in [-0.05, 0) is 29.6 Å². The third-order valence-corrected chi connectivity index (χ3v) is 4.88. The number of para-hydroxylation sites is 1. The quantitative estimate of drug-likeness (QED) is 0.682. The molecule has 2 amide bonds. The van der Waals surface area contributed by atoms with Crippen molar-refractivity contribution in [1.82, 2.24) is 9.78 Å². The molecule has 0 fully saturated rings. The molecule has 27 heavy (non-hydrogen) atoms. The van der Waals surface area contributed by atoms with E-state index in [-0.39, 0.29) is 23.6 Å². The minimum Gasteiger partial charge on any atom is -0.366 e. The molecular weight excluding hydrogens is 364 g/mol. The lowest BCUT2D eigenvalue weighted by Crippen LogP contribution is -2.31. The maximum atomic E-state index is 12.5. The number of benzene rings is 1. The van der Waals surface area contributed by atoms with Crippen molar-refractivity contribution in [2.45, 2.75) is 13.5 Å². The number of carbonyl (C=O) groups excluding carboxylic acids is 2. The molecule has 3 rings (SSSR count). The summed E-state index contributed by atoms with van der Waals surface area (Å²) in [4.78, 5) is 37.0. The highest BCUT2D eigenvalue weighted by atomic mass is 32.1. The van der Waals surface area contributed by atoms with Crippen molar-refractivity contribution in [3.63, 3.8) is 0 Å². The first-order chi connectivity index (χ1) is 13.0. The Labute approximate surface area is 159 Å². The van der Waals surface area contributed by atoms with Crippen molar-refractivity contribution in [3.05, 3.63) is 69.8 Å². The minimum absolute atomic E-state index is 0.114. The summed E-state index contributed by atoms with van der Waals surface area (Å²) in [6.45, 7) is 1.80. The Bertz CT molecular complexity index is 1030. The second kappa shape index (κ2) is 7.96. The first kappa shape index (κ1) is 18.5. The summed E-state index contributed by atoms with van der Waals surface area (Å²) in [7, 11) is 0. The number of nitrogens with zero attached hydrogens (tertiary/aromatic N) is 2. The van der Waals surface area contributed by atoms with Gasteiger partial charge >= 0.3 is 0 Å². The Kier molecular flexibility index (Phi) is 5.46. The van der Waals surface area contributed by atoms with Gasteiger partial charge in [0.1, 0.15) is 5.69 Å². The Morgan fingerprint density at radius 2 is 1.96 bits per heavy atom. The molecule has 7 nitrogen and oxygen atoms in total. The van der Waals surface area contributed by atoms with E-state index in [4.69, 9.17) is 5.73 Å². The van der Waals surface area contributed by atoms with Crippen LogP contribution >= 0.6 is 11.3 Å². The summed E-state index contributed by atoms with van der Waals surface area (Å²) in [6, 6.07) is 13.4. The lowest BCUT2D eigenvalue weighted by Gasteiger charge is -2.15. The first-order valence-electron chi connectivity index (χ1n) is 8.27. The highest BCUT2D eigenvalue weighted by Crippen LogP contribution is 2.21. The Hall–Kier alpha value is -3.26. The van der Waals surface area contributed by atoms with Gasteiger partial charge in [-0.2, -0.15) is 5.10 Å². The average molecular weight is 382 g/mol. The van der Waals surface area contributed by atoms with Crippen molar-refractivity contribution < 1.29 is 9.59 Å². The predicted molar refractivity (Wildman–Crippen MR) is 105 cm³/mol. The summed E-state index contributed by atoms with van der Waals surface area (Å²) in [5.74, 6) is -1.51. The minimum atomic E-state index is -0.625. The molecule has 0 aliphatic rings. The zero-order chi connectivity index (χ0) is 19.4. The molecule has 2 aromatic heterocycles. The highest BCUT2D eigenvalue weighted by molar-refractivity contribution is 7.13. The van der Waals surface area contributed by atoms with E-state index in [9.17, 15) is 14.4 Å². The van der Waals surface area contributed by atoms with Gasteiger partial charge in [-0.15, -0.1) is 11.3 Å². The van der Waals surface area contributed by atoms with E-state index in [1.165, 1.54) is 22.1 Å². The molecule has 1 aromatic carbocycles.